The van der Waals surface area contributed by atoms with E-state index in [9.17, 15) is 22.8 Å². The highest BCUT2D eigenvalue weighted by atomic mass is 35.5. The van der Waals surface area contributed by atoms with Crippen LogP contribution in [0.4, 0.5) is 23.2 Å². The summed E-state index contributed by atoms with van der Waals surface area (Å²) in [6, 6.07) is 3.75. The third kappa shape index (κ3) is 6.21. The lowest BCUT2D eigenvalue weighted by molar-refractivity contribution is -0.154. The van der Waals surface area contributed by atoms with E-state index in [1.54, 1.807) is 6.92 Å². The van der Waals surface area contributed by atoms with E-state index in [-0.39, 0.29) is 40.0 Å². The van der Waals surface area contributed by atoms with E-state index in [2.05, 4.69) is 30.3 Å². The highest BCUT2D eigenvalue weighted by molar-refractivity contribution is 8.15. The smallest absolute Gasteiger partial charge is 0.422 e. The van der Waals surface area contributed by atoms with E-state index in [1.807, 2.05) is 6.92 Å². The summed E-state index contributed by atoms with van der Waals surface area (Å²) in [6.07, 6.45) is -1.69. The Hall–Kier alpha value is -3.13. The molecule has 1 fully saturated rings. The predicted molar refractivity (Wildman–Crippen MR) is 138 cm³/mol. The molecule has 1 aromatic carbocycles. The molecule has 4 rings (SSSR count). The number of hydrogen-bond donors (Lipinski definition) is 3. The van der Waals surface area contributed by atoms with Crippen LogP contribution in [0.2, 0.25) is 0 Å². The van der Waals surface area contributed by atoms with E-state index in [1.165, 1.54) is 12.1 Å². The van der Waals surface area contributed by atoms with Gasteiger partial charge in [0.2, 0.25) is 11.8 Å². The number of halogens is 5. The second-order valence-corrected chi connectivity index (χ2v) is 11.2. The Morgan fingerprint density at radius 1 is 1.31 bits per heavy atom. The molecule has 210 valence electrons. The van der Waals surface area contributed by atoms with Crippen molar-refractivity contribution in [3.63, 3.8) is 0 Å². The highest BCUT2D eigenvalue weighted by Gasteiger charge is 2.70. The lowest BCUT2D eigenvalue weighted by Gasteiger charge is -2.34. The monoisotopic (exact) mass is 588 g/mol. The predicted octanol–water partition coefficient (Wildman–Crippen LogP) is 3.98. The number of nitrogens with one attached hydrogen (secondary N) is 2. The molecule has 2 aromatic rings. The molecule has 2 amide bonds. The van der Waals surface area contributed by atoms with Crippen molar-refractivity contribution in [3.8, 4) is 5.88 Å². The molecule has 15 heteroatoms. The summed E-state index contributed by atoms with van der Waals surface area (Å²) < 4.78 is 55.6. The van der Waals surface area contributed by atoms with Crippen LogP contribution in [0.1, 0.15) is 42.7 Å². The quantitative estimate of drug-likeness (QED) is 0.298. The first kappa shape index (κ1) is 28.9. The number of amides is 2. The normalized spacial score (nSPS) is 24.7. The van der Waals surface area contributed by atoms with Crippen molar-refractivity contribution in [1.29, 1.82) is 0 Å². The first-order valence-corrected chi connectivity index (χ1v) is 13.2. The molecular formula is C24H25ClF4N6O3S. The third-order valence-corrected chi connectivity index (χ3v) is 8.06. The Kier molecular flexibility index (Phi) is 7.99. The topological polar surface area (TPSA) is 132 Å². The fourth-order valence-electron chi connectivity index (χ4n) is 4.50. The number of fused-ring (bicyclic) bond motifs is 1. The first-order valence-electron chi connectivity index (χ1n) is 11.8. The van der Waals surface area contributed by atoms with Gasteiger partial charge >= 0.3 is 6.18 Å². The number of aliphatic imine (C=N–C) groups is 1. The molecule has 0 spiro atoms. The van der Waals surface area contributed by atoms with Crippen LogP contribution in [0.25, 0.3) is 0 Å². The van der Waals surface area contributed by atoms with Crippen LogP contribution >= 0.6 is 23.4 Å². The van der Waals surface area contributed by atoms with E-state index < -0.39 is 40.7 Å². The molecule has 0 radical (unpaired) electrons. The van der Waals surface area contributed by atoms with Crippen LogP contribution in [-0.2, 0) is 10.3 Å². The van der Waals surface area contributed by atoms with Gasteiger partial charge < -0.3 is 21.1 Å². The Morgan fingerprint density at radius 3 is 2.69 bits per heavy atom. The number of benzene rings is 1. The number of anilines is 1. The molecule has 2 heterocycles. The van der Waals surface area contributed by atoms with E-state index in [0.29, 0.717) is 18.7 Å². The van der Waals surface area contributed by atoms with Crippen LogP contribution in [0.15, 0.2) is 35.6 Å². The first-order chi connectivity index (χ1) is 18.3. The van der Waals surface area contributed by atoms with Gasteiger partial charge in [0.15, 0.2) is 11.8 Å². The SMILES string of the molecule is CC(CCCl)NC(=O)[C@]12C[C@H]1[C@@](C)(c1cc(NC(=O)c3cnc(OCC(F)(F)F)cn3)ccc1F)N=C(N)S2. The third-order valence-electron chi connectivity index (χ3n) is 6.54. The van der Waals surface area contributed by atoms with Gasteiger partial charge in [0.05, 0.1) is 17.9 Å². The molecule has 2 aliphatic rings. The number of alkyl halides is 4. The summed E-state index contributed by atoms with van der Waals surface area (Å²) in [6.45, 7) is 1.99. The maximum absolute atomic E-state index is 15.2. The van der Waals surface area contributed by atoms with Gasteiger partial charge in [0.1, 0.15) is 16.3 Å². The molecule has 1 aliphatic heterocycles. The van der Waals surface area contributed by atoms with Gasteiger partial charge in [0.25, 0.3) is 5.91 Å². The zero-order chi connectivity index (χ0) is 28.6. The summed E-state index contributed by atoms with van der Waals surface area (Å²) in [5.74, 6) is -1.92. The molecule has 4 atom stereocenters. The minimum absolute atomic E-state index is 0.138. The largest absolute Gasteiger partial charge is 0.467 e. The number of rotatable bonds is 9. The van der Waals surface area contributed by atoms with E-state index in [0.717, 1.165) is 30.2 Å². The van der Waals surface area contributed by atoms with Crippen LogP contribution in [0, 0.1) is 11.7 Å². The van der Waals surface area contributed by atoms with Gasteiger partial charge in [-0.3, -0.25) is 14.6 Å². The number of nitrogens with two attached hydrogens (primary N) is 1. The van der Waals surface area contributed by atoms with Crippen LogP contribution in [0.3, 0.4) is 0 Å². The maximum Gasteiger partial charge on any atom is 0.422 e. The fraction of sp³-hybridized carbons (Fsp3) is 0.458. The standard InChI is InChI=1S/C24H25ClF4N6O3S/c1-12(5-6-25)33-20(37)23-8-17(23)22(2,35-21(30)39-23)14-7-13(3-4-15(14)26)34-19(36)16-9-32-18(10-31-16)38-11-24(27,28)29/h3-4,7,9-10,12,17H,5-6,8,11H2,1-2H3,(H2,30,35)(H,33,37)(H,34,36)/t12?,17-,22+,23-/m0/s1. The van der Waals surface area contributed by atoms with E-state index in [4.69, 9.17) is 17.3 Å². The lowest BCUT2D eigenvalue weighted by atomic mass is 9.85. The number of carbonyl (C=O) groups is 2. The minimum Gasteiger partial charge on any atom is -0.467 e. The lowest BCUT2D eigenvalue weighted by Crippen LogP contribution is -2.46. The number of aromatic nitrogens is 2. The number of nitrogens with zero attached hydrogens (tertiary/aromatic N) is 3. The molecule has 4 N–H and O–H groups in total. The van der Waals surface area contributed by atoms with Gasteiger partial charge in [-0.25, -0.2) is 14.4 Å². The van der Waals surface area contributed by atoms with Gasteiger partial charge in [-0.15, -0.1) is 11.6 Å². The molecule has 0 saturated heterocycles. The molecule has 1 aliphatic carbocycles. The average molecular weight is 589 g/mol. The van der Waals surface area contributed by atoms with Crippen molar-refractivity contribution in [3.05, 3.63) is 47.7 Å². The summed E-state index contributed by atoms with van der Waals surface area (Å²) in [4.78, 5) is 37.8. The van der Waals surface area contributed by atoms with Crippen molar-refractivity contribution >= 4 is 46.0 Å². The summed E-state index contributed by atoms with van der Waals surface area (Å²) in [5, 5.41) is 5.66. The van der Waals surface area contributed by atoms with Crippen molar-refractivity contribution in [2.24, 2.45) is 16.6 Å². The summed E-state index contributed by atoms with van der Waals surface area (Å²) >= 11 is 6.94. The van der Waals surface area contributed by atoms with Crippen molar-refractivity contribution in [2.75, 3.05) is 17.8 Å². The minimum atomic E-state index is -4.55. The zero-order valence-corrected chi connectivity index (χ0v) is 22.4. The van der Waals surface area contributed by atoms with Crippen LogP contribution in [0.5, 0.6) is 5.88 Å². The Labute approximate surface area is 230 Å². The van der Waals surface area contributed by atoms with Gasteiger partial charge in [0, 0.05) is 29.1 Å². The molecule has 9 nitrogen and oxygen atoms in total. The molecule has 1 unspecified atom stereocenters. The van der Waals surface area contributed by atoms with Gasteiger partial charge in [-0.2, -0.15) is 13.2 Å². The van der Waals surface area contributed by atoms with Gasteiger partial charge in [-0.05, 0) is 44.9 Å². The molecular weight excluding hydrogens is 564 g/mol. The Morgan fingerprint density at radius 2 is 2.05 bits per heavy atom. The number of ether oxygens (including phenoxy) is 1. The summed E-state index contributed by atoms with van der Waals surface area (Å²) in [5.41, 5.74) is 5.06. The van der Waals surface area contributed by atoms with E-state index >= 15 is 4.39 Å². The number of amidine groups is 1. The Balaban J connectivity index is 1.52. The van der Waals surface area contributed by atoms with Crippen LogP contribution < -0.4 is 21.1 Å². The van der Waals surface area contributed by atoms with Gasteiger partial charge in [-0.1, -0.05) is 11.8 Å². The fourth-order valence-corrected chi connectivity index (χ4v) is 6.21. The highest BCUT2D eigenvalue weighted by Crippen LogP contribution is 2.66. The number of carbonyl (C=O) groups excluding carboxylic acids is 2. The molecule has 0 bridgehead atoms. The van der Waals surface area contributed by atoms with Crippen LogP contribution in [-0.4, -0.2) is 56.4 Å². The number of thioether (sulfide) groups is 1. The van der Waals surface area contributed by atoms with Crippen molar-refractivity contribution in [2.45, 2.75) is 49.2 Å². The summed E-state index contributed by atoms with van der Waals surface area (Å²) in [7, 11) is 0. The van der Waals surface area contributed by atoms with Crippen molar-refractivity contribution in [1.82, 2.24) is 15.3 Å². The average Bonchev–Trinajstić information content (AvgIpc) is 3.61. The molecule has 1 saturated carbocycles. The molecule has 39 heavy (non-hydrogen) atoms. The Bertz CT molecular complexity index is 1300. The number of hydrogen-bond acceptors (Lipinski definition) is 8. The maximum atomic E-state index is 15.2. The second-order valence-electron chi connectivity index (χ2n) is 9.49. The molecule has 1 aromatic heterocycles. The second kappa shape index (κ2) is 10.8. The zero-order valence-electron chi connectivity index (χ0n) is 20.8. The van der Waals surface area contributed by atoms with Crippen molar-refractivity contribution < 1.29 is 31.9 Å².